The van der Waals surface area contributed by atoms with Crippen molar-refractivity contribution in [2.45, 2.75) is 53.0 Å². The van der Waals surface area contributed by atoms with E-state index in [4.69, 9.17) is 14.3 Å². The summed E-state index contributed by atoms with van der Waals surface area (Å²) in [5.41, 5.74) is 3.28. The first-order valence-corrected chi connectivity index (χ1v) is 9.75. The van der Waals surface area contributed by atoms with Crippen LogP contribution in [0.5, 0.6) is 5.75 Å². The number of aromatic nitrogens is 1. The molecule has 1 aromatic heterocycles. The average molecular weight is 500 g/mol. The predicted octanol–water partition coefficient (Wildman–Crippen LogP) is 4.28. The lowest BCUT2D eigenvalue weighted by atomic mass is 10.0. The van der Waals surface area contributed by atoms with Crippen LogP contribution in [0, 0.1) is 0 Å². The molecule has 156 valence electrons. The van der Waals surface area contributed by atoms with E-state index in [0.29, 0.717) is 6.54 Å². The number of benzene rings is 1. The molecule has 0 saturated heterocycles. The summed E-state index contributed by atoms with van der Waals surface area (Å²) in [4.78, 5) is 4.74. The molecular weight excluding hydrogens is 467 g/mol. The molecule has 0 saturated carbocycles. The number of hydrogen-bond donors (Lipinski definition) is 2. The van der Waals surface area contributed by atoms with Gasteiger partial charge in [0.05, 0.1) is 19.3 Å². The summed E-state index contributed by atoms with van der Waals surface area (Å²) >= 11 is 0. The van der Waals surface area contributed by atoms with Crippen LogP contribution in [-0.4, -0.2) is 31.3 Å². The van der Waals surface area contributed by atoms with Crippen molar-refractivity contribution in [1.82, 2.24) is 15.8 Å². The molecule has 0 bridgehead atoms. The standard InChI is InChI=1S/C21H32N4O2.HI/c1-6-18-17(19(7-2)27-25-18)14-24-21(22-8-3)23-13-15(4)16-11-9-10-12-20(16)26-5;/h9-12,15H,6-8,13-14H2,1-5H3,(H2,22,23,24);1H. The molecule has 0 aliphatic heterocycles. The molecular formula is C21H33IN4O2. The maximum Gasteiger partial charge on any atom is 0.191 e. The minimum Gasteiger partial charge on any atom is -0.496 e. The molecule has 2 N–H and O–H groups in total. The van der Waals surface area contributed by atoms with Gasteiger partial charge in [-0.15, -0.1) is 24.0 Å². The lowest BCUT2D eigenvalue weighted by molar-refractivity contribution is 0.380. The third kappa shape index (κ3) is 6.39. The SMILES string of the molecule is CCNC(=NCc1c(CC)noc1CC)NCC(C)c1ccccc1OC.I. The smallest absolute Gasteiger partial charge is 0.191 e. The number of aliphatic imine (C=N–C) groups is 1. The van der Waals surface area contributed by atoms with Crippen LogP contribution < -0.4 is 15.4 Å². The van der Waals surface area contributed by atoms with Gasteiger partial charge in [-0.1, -0.05) is 44.1 Å². The van der Waals surface area contributed by atoms with E-state index in [1.165, 1.54) is 5.56 Å². The van der Waals surface area contributed by atoms with Crippen LogP contribution in [0.25, 0.3) is 0 Å². The van der Waals surface area contributed by atoms with Crippen molar-refractivity contribution in [3.05, 3.63) is 46.8 Å². The fourth-order valence-corrected chi connectivity index (χ4v) is 3.05. The zero-order chi connectivity index (χ0) is 19.6. The van der Waals surface area contributed by atoms with E-state index in [2.05, 4.69) is 49.6 Å². The largest absolute Gasteiger partial charge is 0.496 e. The Bertz CT molecular complexity index is 724. The number of aryl methyl sites for hydroxylation is 2. The van der Waals surface area contributed by atoms with Gasteiger partial charge in [0.2, 0.25) is 0 Å². The molecule has 0 amide bonds. The summed E-state index contributed by atoms with van der Waals surface area (Å²) in [7, 11) is 1.71. The van der Waals surface area contributed by atoms with Gasteiger partial charge < -0.3 is 19.9 Å². The highest BCUT2D eigenvalue weighted by Gasteiger charge is 2.14. The van der Waals surface area contributed by atoms with Crippen LogP contribution >= 0.6 is 24.0 Å². The Morgan fingerprint density at radius 1 is 1.18 bits per heavy atom. The molecule has 2 rings (SSSR count). The van der Waals surface area contributed by atoms with E-state index in [1.54, 1.807) is 7.11 Å². The Morgan fingerprint density at radius 2 is 1.93 bits per heavy atom. The summed E-state index contributed by atoms with van der Waals surface area (Å²) in [5, 5.41) is 10.9. The number of rotatable bonds is 9. The van der Waals surface area contributed by atoms with Gasteiger partial charge in [-0.2, -0.15) is 0 Å². The summed E-state index contributed by atoms with van der Waals surface area (Å²) in [6.45, 7) is 10.5. The highest BCUT2D eigenvalue weighted by Crippen LogP contribution is 2.25. The summed E-state index contributed by atoms with van der Waals surface area (Å²) in [5.74, 6) is 2.93. The summed E-state index contributed by atoms with van der Waals surface area (Å²) in [6.07, 6.45) is 1.68. The van der Waals surface area contributed by atoms with Crippen LogP contribution in [-0.2, 0) is 19.4 Å². The second kappa shape index (κ2) is 12.6. The summed E-state index contributed by atoms with van der Waals surface area (Å²) < 4.78 is 10.9. The number of halogens is 1. The Morgan fingerprint density at radius 3 is 2.57 bits per heavy atom. The second-order valence-corrected chi connectivity index (χ2v) is 6.46. The molecule has 28 heavy (non-hydrogen) atoms. The number of guanidine groups is 1. The molecule has 0 aliphatic rings. The number of para-hydroxylation sites is 1. The van der Waals surface area contributed by atoms with Gasteiger partial charge in [0.1, 0.15) is 11.5 Å². The Kier molecular flexibility index (Phi) is 11.0. The van der Waals surface area contributed by atoms with Crippen LogP contribution in [0.1, 0.15) is 56.2 Å². The van der Waals surface area contributed by atoms with Gasteiger partial charge in [-0.3, -0.25) is 0 Å². The fraction of sp³-hybridized carbons (Fsp3) is 0.524. The molecule has 1 atom stereocenters. The average Bonchev–Trinajstić information content (AvgIpc) is 3.11. The van der Waals surface area contributed by atoms with Crippen molar-refractivity contribution >= 4 is 29.9 Å². The van der Waals surface area contributed by atoms with Gasteiger partial charge in [-0.05, 0) is 25.0 Å². The van der Waals surface area contributed by atoms with Crippen molar-refractivity contribution < 1.29 is 9.26 Å². The number of nitrogens with zero attached hydrogens (tertiary/aromatic N) is 2. The number of hydrogen-bond acceptors (Lipinski definition) is 4. The zero-order valence-electron chi connectivity index (χ0n) is 17.5. The first kappa shape index (κ1) is 24.3. The van der Waals surface area contributed by atoms with E-state index in [9.17, 15) is 0 Å². The molecule has 2 aromatic rings. The lowest BCUT2D eigenvalue weighted by Crippen LogP contribution is -2.39. The van der Waals surface area contributed by atoms with Gasteiger partial charge in [0.25, 0.3) is 0 Å². The van der Waals surface area contributed by atoms with Crippen molar-refractivity contribution in [2.24, 2.45) is 4.99 Å². The molecule has 1 aromatic carbocycles. The minimum absolute atomic E-state index is 0. The van der Waals surface area contributed by atoms with E-state index in [1.807, 2.05) is 18.2 Å². The van der Waals surface area contributed by atoms with E-state index in [0.717, 1.165) is 54.7 Å². The third-order valence-electron chi connectivity index (χ3n) is 4.59. The van der Waals surface area contributed by atoms with Crippen LogP contribution in [0.2, 0.25) is 0 Å². The van der Waals surface area contributed by atoms with Crippen molar-refractivity contribution in [2.75, 3.05) is 20.2 Å². The molecule has 0 aliphatic carbocycles. The highest BCUT2D eigenvalue weighted by molar-refractivity contribution is 14.0. The van der Waals surface area contributed by atoms with Crippen LogP contribution in [0.15, 0.2) is 33.8 Å². The van der Waals surface area contributed by atoms with E-state index >= 15 is 0 Å². The molecule has 0 spiro atoms. The molecule has 0 radical (unpaired) electrons. The second-order valence-electron chi connectivity index (χ2n) is 6.46. The molecule has 1 heterocycles. The maximum atomic E-state index is 5.48. The number of nitrogens with one attached hydrogen (secondary N) is 2. The van der Waals surface area contributed by atoms with Gasteiger partial charge in [0.15, 0.2) is 5.96 Å². The van der Waals surface area contributed by atoms with Crippen LogP contribution in [0.3, 0.4) is 0 Å². The Hall–Kier alpha value is -1.77. The normalized spacial score (nSPS) is 12.2. The van der Waals surface area contributed by atoms with E-state index in [-0.39, 0.29) is 29.9 Å². The molecule has 0 fully saturated rings. The van der Waals surface area contributed by atoms with Crippen molar-refractivity contribution in [3.8, 4) is 5.75 Å². The number of ether oxygens (including phenoxy) is 1. The quantitative estimate of drug-likeness (QED) is 0.306. The Balaban J connectivity index is 0.00000392. The Labute approximate surface area is 185 Å². The van der Waals surface area contributed by atoms with Crippen molar-refractivity contribution in [1.29, 1.82) is 0 Å². The van der Waals surface area contributed by atoms with Crippen LogP contribution in [0.4, 0.5) is 0 Å². The van der Waals surface area contributed by atoms with E-state index < -0.39 is 0 Å². The first-order chi connectivity index (χ1) is 13.1. The van der Waals surface area contributed by atoms with Gasteiger partial charge in [0, 0.05) is 31.0 Å². The zero-order valence-corrected chi connectivity index (χ0v) is 19.9. The van der Waals surface area contributed by atoms with Gasteiger partial charge >= 0.3 is 0 Å². The maximum absolute atomic E-state index is 5.48. The number of methoxy groups -OCH3 is 1. The molecule has 1 unspecified atom stereocenters. The third-order valence-corrected chi connectivity index (χ3v) is 4.59. The molecule has 6 nitrogen and oxygen atoms in total. The predicted molar refractivity (Wildman–Crippen MR) is 125 cm³/mol. The lowest BCUT2D eigenvalue weighted by Gasteiger charge is -2.18. The summed E-state index contributed by atoms with van der Waals surface area (Å²) in [6, 6.07) is 8.13. The highest BCUT2D eigenvalue weighted by atomic mass is 127. The minimum atomic E-state index is 0. The first-order valence-electron chi connectivity index (χ1n) is 9.75. The monoisotopic (exact) mass is 500 g/mol. The topological polar surface area (TPSA) is 71.7 Å². The van der Waals surface area contributed by atoms with Crippen molar-refractivity contribution in [3.63, 3.8) is 0 Å². The van der Waals surface area contributed by atoms with Gasteiger partial charge in [-0.25, -0.2) is 4.99 Å². The molecule has 7 heteroatoms. The fourth-order valence-electron chi connectivity index (χ4n) is 3.05.